The van der Waals surface area contributed by atoms with E-state index in [0.29, 0.717) is 5.69 Å². The Morgan fingerprint density at radius 1 is 1.19 bits per heavy atom. The van der Waals surface area contributed by atoms with Gasteiger partial charge in [0.05, 0.1) is 17.8 Å². The fourth-order valence-corrected chi connectivity index (χ4v) is 3.64. The first-order chi connectivity index (χ1) is 13.1. The molecule has 0 spiro atoms. The van der Waals surface area contributed by atoms with E-state index in [1.807, 2.05) is 30.5 Å². The van der Waals surface area contributed by atoms with Gasteiger partial charge in [0.25, 0.3) is 0 Å². The number of nitrogens with one attached hydrogen (secondary N) is 1. The van der Waals surface area contributed by atoms with Gasteiger partial charge < -0.3 is 9.88 Å². The van der Waals surface area contributed by atoms with Crippen LogP contribution < -0.4 is 5.32 Å². The molecule has 0 atom stereocenters. The third-order valence-electron chi connectivity index (χ3n) is 4.78. The van der Waals surface area contributed by atoms with E-state index in [-0.39, 0.29) is 22.9 Å². The Hall–Kier alpha value is -2.66. The normalized spacial score (nSPS) is 13.3. The van der Waals surface area contributed by atoms with Crippen LogP contribution in [0.15, 0.2) is 48.7 Å². The van der Waals surface area contributed by atoms with Crippen molar-refractivity contribution in [3.63, 3.8) is 0 Å². The van der Waals surface area contributed by atoms with Gasteiger partial charge in [-0.05, 0) is 31.0 Å². The predicted octanol–water partition coefficient (Wildman–Crippen LogP) is 4.86. The van der Waals surface area contributed by atoms with Crippen LogP contribution in [0.5, 0.6) is 0 Å². The summed E-state index contributed by atoms with van der Waals surface area (Å²) in [5.41, 5.74) is 2.55. The van der Waals surface area contributed by atoms with Crippen molar-refractivity contribution in [1.29, 1.82) is 0 Å². The fraction of sp³-hybridized carbons (Fsp3) is 0.238. The molecule has 0 saturated carbocycles. The number of carbonyl (C=O) groups excluding carboxylic acids is 1. The van der Waals surface area contributed by atoms with E-state index < -0.39 is 5.82 Å². The summed E-state index contributed by atoms with van der Waals surface area (Å²) in [6.07, 6.45) is 5.19. The van der Waals surface area contributed by atoms with Crippen LogP contribution in [0.3, 0.4) is 0 Å². The highest BCUT2D eigenvalue weighted by atomic mass is 35.5. The highest BCUT2D eigenvalue weighted by molar-refractivity contribution is 6.31. The van der Waals surface area contributed by atoms with Crippen LogP contribution in [0.1, 0.15) is 24.2 Å². The summed E-state index contributed by atoms with van der Waals surface area (Å²) in [4.78, 5) is 17.2. The van der Waals surface area contributed by atoms with Crippen LogP contribution in [0, 0.1) is 5.82 Å². The minimum absolute atomic E-state index is 0.125. The number of benzene rings is 2. The minimum Gasteiger partial charge on any atom is -0.334 e. The first-order valence-electron chi connectivity index (χ1n) is 9.00. The lowest BCUT2D eigenvalue weighted by atomic mass is 10.1. The van der Waals surface area contributed by atoms with Gasteiger partial charge in [0.2, 0.25) is 5.91 Å². The van der Waals surface area contributed by atoms with Gasteiger partial charge in [0.1, 0.15) is 11.6 Å². The van der Waals surface area contributed by atoms with Crippen molar-refractivity contribution in [2.45, 2.75) is 32.2 Å². The molecule has 0 radical (unpaired) electrons. The van der Waals surface area contributed by atoms with Crippen LogP contribution in [-0.2, 0) is 24.2 Å². The number of aryl methyl sites for hydroxylation is 2. The maximum absolute atomic E-state index is 13.9. The zero-order valence-corrected chi connectivity index (χ0v) is 15.5. The molecule has 1 N–H and O–H groups in total. The summed E-state index contributed by atoms with van der Waals surface area (Å²) in [5, 5.41) is 3.13. The van der Waals surface area contributed by atoms with Crippen molar-refractivity contribution in [2.24, 2.45) is 0 Å². The maximum atomic E-state index is 13.9. The number of para-hydroxylation sites is 1. The van der Waals surface area contributed by atoms with Gasteiger partial charge in [-0.25, -0.2) is 9.37 Å². The topological polar surface area (TPSA) is 46.9 Å². The molecule has 0 bridgehead atoms. The molecule has 0 aliphatic carbocycles. The Kier molecular flexibility index (Phi) is 4.94. The largest absolute Gasteiger partial charge is 0.334 e. The van der Waals surface area contributed by atoms with Gasteiger partial charge in [-0.1, -0.05) is 35.9 Å². The summed E-state index contributed by atoms with van der Waals surface area (Å²) < 4.78 is 16.1. The van der Waals surface area contributed by atoms with E-state index in [0.717, 1.165) is 42.9 Å². The monoisotopic (exact) mass is 383 g/mol. The number of rotatable bonds is 4. The molecular weight excluding hydrogens is 365 g/mol. The number of halogens is 2. The van der Waals surface area contributed by atoms with Gasteiger partial charge in [-0.2, -0.15) is 0 Å². The molecule has 2 heterocycles. The molecule has 138 valence electrons. The smallest absolute Gasteiger partial charge is 0.228 e. The van der Waals surface area contributed by atoms with E-state index in [1.165, 1.54) is 12.1 Å². The summed E-state index contributed by atoms with van der Waals surface area (Å²) in [6, 6.07) is 11.9. The molecule has 1 aliphatic rings. The van der Waals surface area contributed by atoms with E-state index >= 15 is 0 Å². The fourth-order valence-electron chi connectivity index (χ4n) is 3.41. The molecule has 1 amide bonds. The summed E-state index contributed by atoms with van der Waals surface area (Å²) in [5.74, 6) is 0.279. The second kappa shape index (κ2) is 7.53. The number of hydrogen-bond acceptors (Lipinski definition) is 2. The van der Waals surface area contributed by atoms with Crippen LogP contribution in [0.25, 0.3) is 11.3 Å². The zero-order chi connectivity index (χ0) is 18.8. The van der Waals surface area contributed by atoms with Crippen LogP contribution in [0.4, 0.5) is 10.1 Å². The van der Waals surface area contributed by atoms with Crippen molar-refractivity contribution in [2.75, 3.05) is 5.32 Å². The Balaban J connectivity index is 1.58. The number of carbonyl (C=O) groups is 1. The Bertz CT molecular complexity index is 955. The number of hydrogen-bond donors (Lipinski definition) is 1. The van der Waals surface area contributed by atoms with E-state index in [1.54, 1.807) is 6.07 Å². The van der Waals surface area contributed by atoms with Gasteiger partial charge in [-0.3, -0.25) is 4.79 Å². The van der Waals surface area contributed by atoms with Crippen LogP contribution >= 0.6 is 11.6 Å². The SMILES string of the molecule is O=C(Cc1c(F)cccc1Cl)Nc1ccccc1-c1cn2c(n1)CCCC2. The second-order valence-corrected chi connectivity index (χ2v) is 7.07. The number of anilines is 1. The number of nitrogens with zero attached hydrogens (tertiary/aromatic N) is 2. The summed E-state index contributed by atoms with van der Waals surface area (Å²) in [6.45, 7) is 0.975. The standard InChI is InChI=1S/C21H19ClFN3O/c22-16-7-5-8-17(23)15(16)12-21(27)25-18-9-2-1-6-14(18)19-13-26-11-4-3-10-20(26)24-19/h1-2,5-9,13H,3-4,10-12H2,(H,25,27). The van der Waals surface area contributed by atoms with Crippen molar-refractivity contribution >= 4 is 23.2 Å². The number of amides is 1. The highest BCUT2D eigenvalue weighted by Crippen LogP contribution is 2.29. The average molecular weight is 384 g/mol. The molecule has 27 heavy (non-hydrogen) atoms. The molecule has 1 aliphatic heterocycles. The Labute approximate surface area is 162 Å². The van der Waals surface area contributed by atoms with Gasteiger partial charge >= 0.3 is 0 Å². The maximum Gasteiger partial charge on any atom is 0.228 e. The van der Waals surface area contributed by atoms with Crippen molar-refractivity contribution in [1.82, 2.24) is 9.55 Å². The lowest BCUT2D eigenvalue weighted by Crippen LogP contribution is -2.16. The predicted molar refractivity (Wildman–Crippen MR) is 104 cm³/mol. The first kappa shape index (κ1) is 17.7. The van der Waals surface area contributed by atoms with Gasteiger partial charge in [0, 0.05) is 35.3 Å². The zero-order valence-electron chi connectivity index (χ0n) is 14.7. The Morgan fingerprint density at radius 2 is 2.04 bits per heavy atom. The minimum atomic E-state index is -0.479. The summed E-state index contributed by atoms with van der Waals surface area (Å²) in [7, 11) is 0. The molecule has 0 saturated heterocycles. The van der Waals surface area contributed by atoms with E-state index in [9.17, 15) is 9.18 Å². The third-order valence-corrected chi connectivity index (χ3v) is 5.14. The van der Waals surface area contributed by atoms with E-state index in [2.05, 4.69) is 9.88 Å². The number of imidazole rings is 1. The van der Waals surface area contributed by atoms with Crippen molar-refractivity contribution in [3.8, 4) is 11.3 Å². The van der Waals surface area contributed by atoms with Gasteiger partial charge in [-0.15, -0.1) is 0 Å². The molecule has 4 rings (SSSR count). The highest BCUT2D eigenvalue weighted by Gasteiger charge is 2.17. The lowest BCUT2D eigenvalue weighted by Gasteiger charge is -2.11. The average Bonchev–Trinajstić information content (AvgIpc) is 3.09. The van der Waals surface area contributed by atoms with E-state index in [4.69, 9.17) is 16.6 Å². The molecule has 3 aromatic rings. The molecule has 0 fully saturated rings. The number of fused-ring (bicyclic) bond motifs is 1. The van der Waals surface area contributed by atoms with Crippen molar-refractivity contribution in [3.05, 3.63) is 70.9 Å². The van der Waals surface area contributed by atoms with Gasteiger partial charge in [0.15, 0.2) is 0 Å². The lowest BCUT2D eigenvalue weighted by molar-refractivity contribution is -0.115. The second-order valence-electron chi connectivity index (χ2n) is 6.66. The molecule has 2 aromatic carbocycles. The molecule has 0 unspecified atom stereocenters. The van der Waals surface area contributed by atoms with Crippen LogP contribution in [-0.4, -0.2) is 15.5 Å². The summed E-state index contributed by atoms with van der Waals surface area (Å²) >= 11 is 6.03. The third kappa shape index (κ3) is 3.74. The quantitative estimate of drug-likeness (QED) is 0.699. The molecular formula is C21H19ClFN3O. The Morgan fingerprint density at radius 3 is 2.85 bits per heavy atom. The van der Waals surface area contributed by atoms with Crippen LogP contribution in [0.2, 0.25) is 5.02 Å². The van der Waals surface area contributed by atoms with Crippen molar-refractivity contribution < 1.29 is 9.18 Å². The first-order valence-corrected chi connectivity index (χ1v) is 9.38. The molecule has 6 heteroatoms. The molecule has 1 aromatic heterocycles. The molecule has 4 nitrogen and oxygen atoms in total. The number of aromatic nitrogens is 2.